The summed E-state index contributed by atoms with van der Waals surface area (Å²) in [7, 11) is 0. The Hall–Kier alpha value is 0.270. The van der Waals surface area contributed by atoms with Gasteiger partial charge in [-0.05, 0) is 57.3 Å². The van der Waals surface area contributed by atoms with Crippen LogP contribution in [-0.4, -0.2) is 6.61 Å². The summed E-state index contributed by atoms with van der Waals surface area (Å²) in [5.74, 6) is -0.678. The lowest BCUT2D eigenvalue weighted by Gasteiger charge is -2.07. The number of hydrogen-bond donors (Lipinski definition) is 0. The molecule has 0 fully saturated rings. The maximum atomic E-state index is 13.0. The molecule has 0 heterocycles. The molecule has 0 unspecified atom stereocenters. The van der Waals surface area contributed by atoms with Crippen molar-refractivity contribution in [2.45, 2.75) is 6.61 Å². The fourth-order valence-corrected chi connectivity index (χ4v) is 1.71. The lowest BCUT2D eigenvalue weighted by Crippen LogP contribution is -2.04. The van der Waals surface area contributed by atoms with Crippen LogP contribution in [0.2, 0.25) is 0 Å². The van der Waals surface area contributed by atoms with Crippen LogP contribution in [0.5, 0.6) is 5.75 Å². The Morgan fingerprint density at radius 1 is 1.23 bits per heavy atom. The lowest BCUT2D eigenvalue weighted by molar-refractivity contribution is -0.0506. The molecule has 1 nitrogen and oxygen atoms in total. The zero-order valence-corrected chi connectivity index (χ0v) is 10.3. The quantitative estimate of drug-likeness (QED) is 0.531. The minimum atomic E-state index is -2.92. The number of rotatable bonds is 2. The zero-order chi connectivity index (χ0) is 10.0. The molecule has 0 N–H and O–H groups in total. The van der Waals surface area contributed by atoms with E-state index in [1.165, 1.54) is 12.1 Å². The van der Waals surface area contributed by atoms with Crippen molar-refractivity contribution in [1.29, 1.82) is 0 Å². The molecule has 13 heavy (non-hydrogen) atoms. The second-order valence-corrected chi connectivity index (χ2v) is 4.40. The van der Waals surface area contributed by atoms with Gasteiger partial charge in [0.05, 0.1) is 3.57 Å². The minimum absolute atomic E-state index is 0.0679. The summed E-state index contributed by atoms with van der Waals surface area (Å²) < 4.78 is 41.3. The molecule has 0 saturated carbocycles. The van der Waals surface area contributed by atoms with Crippen molar-refractivity contribution in [2.75, 3.05) is 0 Å². The van der Waals surface area contributed by atoms with Crippen LogP contribution in [-0.2, 0) is 0 Å². The van der Waals surface area contributed by atoms with Gasteiger partial charge in [-0.3, -0.25) is 0 Å². The van der Waals surface area contributed by atoms with Gasteiger partial charge >= 0.3 is 6.61 Å². The molecule has 0 radical (unpaired) electrons. The van der Waals surface area contributed by atoms with Gasteiger partial charge in [0.15, 0.2) is 0 Å². The van der Waals surface area contributed by atoms with E-state index < -0.39 is 12.4 Å². The Morgan fingerprint density at radius 3 is 2.38 bits per heavy atom. The first-order valence-electron chi connectivity index (χ1n) is 3.10. The zero-order valence-electron chi connectivity index (χ0n) is 6.03. The van der Waals surface area contributed by atoms with Crippen molar-refractivity contribution in [2.24, 2.45) is 0 Å². The second-order valence-electron chi connectivity index (χ2n) is 2.08. The standard InChI is InChI=1S/C7H3F3I2O/c8-4-1-3(11)2-5(6(4)12)13-7(9)10/h1-2,7H. The molecule has 0 aliphatic heterocycles. The molecular formula is C7H3F3I2O. The number of ether oxygens (including phenoxy) is 1. The van der Waals surface area contributed by atoms with Crippen LogP contribution >= 0.6 is 45.2 Å². The summed E-state index contributed by atoms with van der Waals surface area (Å²) in [6.07, 6.45) is 0. The second kappa shape index (κ2) is 4.67. The maximum Gasteiger partial charge on any atom is 0.387 e. The normalized spacial score (nSPS) is 10.6. The Labute approximate surface area is 99.9 Å². The lowest BCUT2D eigenvalue weighted by atomic mass is 10.3. The largest absolute Gasteiger partial charge is 0.434 e. The van der Waals surface area contributed by atoms with E-state index in [1.807, 2.05) is 22.6 Å². The predicted molar refractivity (Wildman–Crippen MR) is 58.5 cm³/mol. The van der Waals surface area contributed by atoms with Crippen LogP contribution in [0.3, 0.4) is 0 Å². The van der Waals surface area contributed by atoms with E-state index in [4.69, 9.17) is 0 Å². The molecule has 1 aromatic carbocycles. The summed E-state index contributed by atoms with van der Waals surface area (Å²) in [6.45, 7) is -2.92. The van der Waals surface area contributed by atoms with E-state index >= 15 is 0 Å². The number of hydrogen-bond acceptors (Lipinski definition) is 1. The van der Waals surface area contributed by atoms with Gasteiger partial charge in [0.2, 0.25) is 0 Å². The number of benzene rings is 1. The molecule has 0 spiro atoms. The molecule has 0 aliphatic rings. The average molecular weight is 414 g/mol. The van der Waals surface area contributed by atoms with E-state index in [1.54, 1.807) is 22.6 Å². The Morgan fingerprint density at radius 2 is 1.85 bits per heavy atom. The first-order valence-corrected chi connectivity index (χ1v) is 5.26. The van der Waals surface area contributed by atoms with Gasteiger partial charge in [0, 0.05) is 3.57 Å². The van der Waals surface area contributed by atoms with Crippen LogP contribution in [0.1, 0.15) is 0 Å². The topological polar surface area (TPSA) is 9.23 Å². The van der Waals surface area contributed by atoms with Crippen molar-refractivity contribution in [3.8, 4) is 5.75 Å². The highest BCUT2D eigenvalue weighted by Gasteiger charge is 2.12. The number of halogens is 5. The fourth-order valence-electron chi connectivity index (χ4n) is 0.714. The first-order chi connectivity index (χ1) is 6.00. The number of alkyl halides is 2. The van der Waals surface area contributed by atoms with Gasteiger partial charge in [0.1, 0.15) is 11.6 Å². The molecule has 0 amide bonds. The van der Waals surface area contributed by atoms with Gasteiger partial charge in [-0.2, -0.15) is 8.78 Å². The van der Waals surface area contributed by atoms with E-state index in [9.17, 15) is 13.2 Å². The Balaban J connectivity index is 3.05. The van der Waals surface area contributed by atoms with Crippen LogP contribution in [0.25, 0.3) is 0 Å². The van der Waals surface area contributed by atoms with Crippen molar-refractivity contribution < 1.29 is 17.9 Å². The van der Waals surface area contributed by atoms with E-state index in [-0.39, 0.29) is 9.32 Å². The summed E-state index contributed by atoms with van der Waals surface area (Å²) in [6, 6.07) is 2.61. The molecule has 0 atom stereocenters. The van der Waals surface area contributed by atoms with Gasteiger partial charge in [-0.15, -0.1) is 0 Å². The molecule has 1 aromatic rings. The monoisotopic (exact) mass is 414 g/mol. The van der Waals surface area contributed by atoms with Gasteiger partial charge in [-0.25, -0.2) is 4.39 Å². The molecule has 0 bridgehead atoms. The third kappa shape index (κ3) is 3.15. The van der Waals surface area contributed by atoms with Crippen molar-refractivity contribution >= 4 is 45.2 Å². The Bertz CT molecular complexity index is 317. The van der Waals surface area contributed by atoms with Crippen LogP contribution in [0.15, 0.2) is 12.1 Å². The molecule has 0 aromatic heterocycles. The van der Waals surface area contributed by atoms with Crippen LogP contribution in [0, 0.1) is 13.0 Å². The van der Waals surface area contributed by atoms with Crippen molar-refractivity contribution in [1.82, 2.24) is 0 Å². The van der Waals surface area contributed by atoms with E-state index in [2.05, 4.69) is 4.74 Å². The summed E-state index contributed by atoms with van der Waals surface area (Å²) in [4.78, 5) is 0. The molecule has 1 rings (SSSR count). The molecule has 0 aliphatic carbocycles. The molecular weight excluding hydrogens is 411 g/mol. The predicted octanol–water partition coefficient (Wildman–Crippen LogP) is 3.64. The SMILES string of the molecule is Fc1cc(I)cc(OC(F)F)c1I. The highest BCUT2D eigenvalue weighted by Crippen LogP contribution is 2.27. The van der Waals surface area contributed by atoms with Gasteiger partial charge in [-0.1, -0.05) is 0 Å². The molecule has 72 valence electrons. The van der Waals surface area contributed by atoms with Gasteiger partial charge in [0.25, 0.3) is 0 Å². The highest BCUT2D eigenvalue weighted by molar-refractivity contribution is 14.1. The van der Waals surface area contributed by atoms with Gasteiger partial charge < -0.3 is 4.74 Å². The first kappa shape index (κ1) is 11.3. The smallest absolute Gasteiger partial charge is 0.387 e. The van der Waals surface area contributed by atoms with Crippen molar-refractivity contribution in [3.63, 3.8) is 0 Å². The Kier molecular flexibility index (Phi) is 4.07. The highest BCUT2D eigenvalue weighted by atomic mass is 127. The van der Waals surface area contributed by atoms with Crippen LogP contribution < -0.4 is 4.74 Å². The van der Waals surface area contributed by atoms with Crippen LogP contribution in [0.4, 0.5) is 13.2 Å². The van der Waals surface area contributed by atoms with Crippen molar-refractivity contribution in [3.05, 3.63) is 25.1 Å². The summed E-state index contributed by atoms with van der Waals surface area (Å²) in [5, 5.41) is 0. The molecule has 0 saturated heterocycles. The maximum absolute atomic E-state index is 13.0. The molecule has 6 heteroatoms. The summed E-state index contributed by atoms with van der Waals surface area (Å²) >= 11 is 3.44. The third-order valence-corrected chi connectivity index (χ3v) is 2.85. The third-order valence-electron chi connectivity index (χ3n) is 1.18. The van der Waals surface area contributed by atoms with E-state index in [0.29, 0.717) is 3.57 Å². The minimum Gasteiger partial charge on any atom is -0.434 e. The fraction of sp³-hybridized carbons (Fsp3) is 0.143. The summed E-state index contributed by atoms with van der Waals surface area (Å²) in [5.41, 5.74) is 0. The average Bonchev–Trinajstić information content (AvgIpc) is 1.98. The van der Waals surface area contributed by atoms with E-state index in [0.717, 1.165) is 0 Å².